The van der Waals surface area contributed by atoms with Crippen molar-refractivity contribution in [3.8, 4) is 0 Å². The first kappa shape index (κ1) is 17.3. The van der Waals surface area contributed by atoms with Gasteiger partial charge in [0.05, 0.1) is 5.69 Å². The number of fused-ring (bicyclic) bond motifs is 4. The smallest absolute Gasteiger partial charge is 0.108 e. The Morgan fingerprint density at radius 1 is 1.22 bits per heavy atom. The number of hydrogen-bond acceptors (Lipinski definition) is 3. The summed E-state index contributed by atoms with van der Waals surface area (Å²) in [7, 11) is 4.25. The minimum atomic E-state index is -0.0780. The summed E-state index contributed by atoms with van der Waals surface area (Å²) < 4.78 is 3.71. The normalized spacial score (nSPS) is 24.2. The van der Waals surface area contributed by atoms with Crippen LogP contribution in [0.3, 0.4) is 0 Å². The average Bonchev–Trinajstić information content (AvgIpc) is 3.32. The predicted molar refractivity (Wildman–Crippen MR) is 115 cm³/mol. The van der Waals surface area contributed by atoms with E-state index in [4.69, 9.17) is 0 Å². The van der Waals surface area contributed by atoms with Gasteiger partial charge < -0.3 is 15.2 Å². The van der Waals surface area contributed by atoms with Gasteiger partial charge >= 0.3 is 0 Å². The van der Waals surface area contributed by atoms with Crippen LogP contribution in [0.1, 0.15) is 17.5 Å². The highest BCUT2D eigenvalue weighted by atomic mass is 79.9. The number of halogens is 1. The van der Waals surface area contributed by atoms with Crippen molar-refractivity contribution in [3.05, 3.63) is 64.3 Å². The average molecular weight is 425 g/mol. The van der Waals surface area contributed by atoms with Gasteiger partial charge in [-0.15, -0.1) is 0 Å². The Bertz CT molecular complexity index is 1010. The van der Waals surface area contributed by atoms with Gasteiger partial charge in [-0.05, 0) is 67.1 Å². The molecular formula is C22H25BrN4. The summed E-state index contributed by atoms with van der Waals surface area (Å²) in [6.45, 7) is 2.08. The van der Waals surface area contributed by atoms with E-state index in [-0.39, 0.29) is 11.7 Å². The van der Waals surface area contributed by atoms with Crippen molar-refractivity contribution in [2.24, 2.45) is 0 Å². The van der Waals surface area contributed by atoms with E-state index in [0.29, 0.717) is 0 Å². The lowest BCUT2D eigenvalue weighted by Gasteiger charge is -2.34. The second-order valence-corrected chi connectivity index (χ2v) is 8.61. The monoisotopic (exact) mass is 424 g/mol. The number of rotatable bonds is 4. The van der Waals surface area contributed by atoms with Crippen molar-refractivity contribution in [1.82, 2.24) is 14.8 Å². The Kier molecular flexibility index (Phi) is 4.08. The Morgan fingerprint density at radius 3 is 2.93 bits per heavy atom. The van der Waals surface area contributed by atoms with Crippen molar-refractivity contribution < 1.29 is 0 Å². The molecule has 2 aliphatic rings. The molecule has 2 atom stereocenters. The van der Waals surface area contributed by atoms with Gasteiger partial charge in [-0.3, -0.25) is 4.90 Å². The molecule has 0 saturated carbocycles. The molecule has 2 N–H and O–H groups in total. The van der Waals surface area contributed by atoms with Crippen LogP contribution in [0.15, 0.2) is 53.1 Å². The van der Waals surface area contributed by atoms with Gasteiger partial charge in [-0.2, -0.15) is 0 Å². The van der Waals surface area contributed by atoms with Crippen molar-refractivity contribution in [2.75, 3.05) is 32.5 Å². The SMILES string of the molecule is CNCCc1cn(C23CCN(C)C2Nc2c(Br)cccc23)c2ccccc12. The first-order chi connectivity index (χ1) is 13.2. The fourth-order valence-electron chi connectivity index (χ4n) is 5.08. The number of anilines is 1. The Labute approximate surface area is 168 Å². The van der Waals surface area contributed by atoms with Crippen LogP contribution in [0.2, 0.25) is 0 Å². The first-order valence-corrected chi connectivity index (χ1v) is 10.5. The molecule has 140 valence electrons. The van der Waals surface area contributed by atoms with Crippen LogP contribution in [0.4, 0.5) is 5.69 Å². The zero-order valence-corrected chi connectivity index (χ0v) is 17.4. The fourth-order valence-corrected chi connectivity index (χ4v) is 5.56. The van der Waals surface area contributed by atoms with Gasteiger partial charge in [0.1, 0.15) is 11.7 Å². The van der Waals surface area contributed by atoms with Crippen LogP contribution in [0.5, 0.6) is 0 Å². The molecule has 3 heterocycles. The third kappa shape index (κ3) is 2.35. The minimum absolute atomic E-state index is 0.0780. The Morgan fingerprint density at radius 2 is 2.07 bits per heavy atom. The lowest BCUT2D eigenvalue weighted by molar-refractivity contribution is 0.261. The van der Waals surface area contributed by atoms with E-state index >= 15 is 0 Å². The summed E-state index contributed by atoms with van der Waals surface area (Å²) in [5.74, 6) is 0. The van der Waals surface area contributed by atoms with Gasteiger partial charge in [0, 0.05) is 33.7 Å². The second kappa shape index (κ2) is 6.36. The number of nitrogens with one attached hydrogen (secondary N) is 2. The highest BCUT2D eigenvalue weighted by Gasteiger charge is 2.54. The summed E-state index contributed by atoms with van der Waals surface area (Å²) in [5, 5.41) is 8.49. The zero-order valence-electron chi connectivity index (χ0n) is 15.8. The standard InChI is InChI=1S/C22H25BrN4/c1-24-12-10-15-14-27(19-9-4-3-6-16(15)19)22-11-13-26(2)21(22)25-20-17(22)7-5-8-18(20)23/h3-9,14,21,24-25H,10-13H2,1-2H3. The fraction of sp³-hybridized carbons (Fsp3) is 0.364. The van der Waals surface area contributed by atoms with Crippen LogP contribution in [-0.2, 0) is 12.0 Å². The number of likely N-dealkylation sites (N-methyl/N-ethyl adjacent to an activating group) is 2. The highest BCUT2D eigenvalue weighted by molar-refractivity contribution is 9.10. The number of nitrogens with zero attached hydrogens (tertiary/aromatic N) is 2. The van der Waals surface area contributed by atoms with Gasteiger partial charge in [0.2, 0.25) is 0 Å². The molecule has 0 spiro atoms. The molecule has 5 rings (SSSR count). The van der Waals surface area contributed by atoms with Crippen LogP contribution >= 0.6 is 15.9 Å². The molecule has 2 unspecified atom stereocenters. The molecule has 2 aromatic carbocycles. The van der Waals surface area contributed by atoms with E-state index in [1.54, 1.807) is 0 Å². The quantitative estimate of drug-likeness (QED) is 0.663. The molecule has 0 aliphatic carbocycles. The van der Waals surface area contributed by atoms with Gasteiger partial charge in [0.25, 0.3) is 0 Å². The van der Waals surface area contributed by atoms with E-state index in [9.17, 15) is 0 Å². The molecule has 0 bridgehead atoms. The number of aromatic nitrogens is 1. The maximum atomic E-state index is 3.82. The molecule has 3 aromatic rings. The maximum absolute atomic E-state index is 3.82. The Balaban J connectivity index is 1.77. The highest BCUT2D eigenvalue weighted by Crippen LogP contribution is 2.52. The van der Waals surface area contributed by atoms with E-state index in [2.05, 4.69) is 91.7 Å². The molecule has 1 aromatic heterocycles. The van der Waals surface area contributed by atoms with Crippen molar-refractivity contribution in [1.29, 1.82) is 0 Å². The van der Waals surface area contributed by atoms with E-state index in [0.717, 1.165) is 30.4 Å². The van der Waals surface area contributed by atoms with Gasteiger partial charge in [-0.1, -0.05) is 30.3 Å². The topological polar surface area (TPSA) is 32.2 Å². The van der Waals surface area contributed by atoms with Crippen LogP contribution < -0.4 is 10.6 Å². The molecule has 5 heteroatoms. The summed E-state index contributed by atoms with van der Waals surface area (Å²) in [4.78, 5) is 2.45. The number of benzene rings is 2. The second-order valence-electron chi connectivity index (χ2n) is 7.76. The molecular weight excluding hydrogens is 400 g/mol. The molecule has 1 saturated heterocycles. The maximum Gasteiger partial charge on any atom is 0.108 e. The van der Waals surface area contributed by atoms with E-state index < -0.39 is 0 Å². The third-order valence-electron chi connectivity index (χ3n) is 6.37. The van der Waals surface area contributed by atoms with Crippen molar-refractivity contribution in [3.63, 3.8) is 0 Å². The minimum Gasteiger partial charge on any atom is -0.366 e. The van der Waals surface area contributed by atoms with Crippen LogP contribution in [-0.4, -0.2) is 42.8 Å². The number of para-hydroxylation sites is 2. The lowest BCUT2D eigenvalue weighted by atomic mass is 9.88. The molecule has 0 amide bonds. The number of hydrogen-bond donors (Lipinski definition) is 2. The van der Waals surface area contributed by atoms with Crippen molar-refractivity contribution >= 4 is 32.5 Å². The molecule has 27 heavy (non-hydrogen) atoms. The lowest BCUT2D eigenvalue weighted by Crippen LogP contribution is -2.46. The predicted octanol–water partition coefficient (Wildman–Crippen LogP) is 4.00. The molecule has 4 nitrogen and oxygen atoms in total. The summed E-state index contributed by atoms with van der Waals surface area (Å²) in [6, 6.07) is 15.5. The van der Waals surface area contributed by atoms with E-state index in [1.165, 1.54) is 27.7 Å². The van der Waals surface area contributed by atoms with Crippen LogP contribution in [0.25, 0.3) is 10.9 Å². The zero-order chi connectivity index (χ0) is 18.6. The third-order valence-corrected chi connectivity index (χ3v) is 7.03. The summed E-state index contributed by atoms with van der Waals surface area (Å²) in [6.07, 6.45) is 4.82. The molecule has 2 aliphatic heterocycles. The van der Waals surface area contributed by atoms with Gasteiger partial charge in [-0.25, -0.2) is 0 Å². The largest absolute Gasteiger partial charge is 0.366 e. The molecule has 1 fully saturated rings. The van der Waals surface area contributed by atoms with E-state index in [1.807, 2.05) is 7.05 Å². The first-order valence-electron chi connectivity index (χ1n) is 9.66. The number of likely N-dealkylation sites (tertiary alicyclic amines) is 1. The van der Waals surface area contributed by atoms with Crippen molar-refractivity contribution in [2.45, 2.75) is 24.5 Å². The van der Waals surface area contributed by atoms with Gasteiger partial charge in [0.15, 0.2) is 0 Å². The molecule has 0 radical (unpaired) electrons. The summed E-state index contributed by atoms with van der Waals surface area (Å²) >= 11 is 3.76. The van der Waals surface area contributed by atoms with Crippen LogP contribution in [0, 0.1) is 0 Å². The summed E-state index contributed by atoms with van der Waals surface area (Å²) in [5.41, 5.74) is 5.31. The Hall–Kier alpha value is -1.82.